The van der Waals surface area contributed by atoms with Gasteiger partial charge < -0.3 is 20.1 Å². The van der Waals surface area contributed by atoms with E-state index in [0.29, 0.717) is 32.0 Å². The molecule has 1 aliphatic heterocycles. The number of nitrogens with zero attached hydrogens (tertiary/aromatic N) is 2. The van der Waals surface area contributed by atoms with Gasteiger partial charge in [-0.2, -0.15) is 0 Å². The number of hydrogen-bond acceptors (Lipinski definition) is 5. The van der Waals surface area contributed by atoms with Gasteiger partial charge in [0.2, 0.25) is 5.91 Å². The number of carboxylic acid groups (broad SMARTS) is 1. The standard InChI is InChI=1S/C13H17N3O4/c1-9(12(17)16-4-6-20-7-5-16)15-10-2-3-14-11(8-10)13(18)19/h2-3,8-9H,4-7H2,1H3,(H,14,15)(H,18,19). The number of nitrogens with one attached hydrogen (secondary N) is 1. The molecule has 0 spiro atoms. The Morgan fingerprint density at radius 1 is 1.45 bits per heavy atom. The van der Waals surface area contributed by atoms with Crippen molar-refractivity contribution in [2.24, 2.45) is 0 Å². The van der Waals surface area contributed by atoms with E-state index in [1.165, 1.54) is 12.3 Å². The van der Waals surface area contributed by atoms with Crippen LogP contribution in [-0.2, 0) is 9.53 Å². The van der Waals surface area contributed by atoms with Gasteiger partial charge in [0.1, 0.15) is 11.7 Å². The van der Waals surface area contributed by atoms with Crippen LogP contribution in [0.1, 0.15) is 17.4 Å². The Labute approximate surface area is 116 Å². The third-order valence-electron chi connectivity index (χ3n) is 3.06. The van der Waals surface area contributed by atoms with Crippen molar-refractivity contribution >= 4 is 17.6 Å². The van der Waals surface area contributed by atoms with Crippen molar-refractivity contribution in [2.45, 2.75) is 13.0 Å². The average Bonchev–Trinajstić information content (AvgIpc) is 2.47. The molecule has 1 fully saturated rings. The van der Waals surface area contributed by atoms with Crippen molar-refractivity contribution in [3.63, 3.8) is 0 Å². The normalized spacial score (nSPS) is 16.6. The Kier molecular flexibility index (Phi) is 4.52. The van der Waals surface area contributed by atoms with Crippen LogP contribution >= 0.6 is 0 Å². The van der Waals surface area contributed by atoms with E-state index in [1.54, 1.807) is 17.9 Å². The van der Waals surface area contributed by atoms with Gasteiger partial charge in [-0.15, -0.1) is 0 Å². The highest BCUT2D eigenvalue weighted by atomic mass is 16.5. The summed E-state index contributed by atoms with van der Waals surface area (Å²) >= 11 is 0. The molecule has 1 aliphatic rings. The van der Waals surface area contributed by atoms with Crippen LogP contribution in [0, 0.1) is 0 Å². The quantitative estimate of drug-likeness (QED) is 0.831. The summed E-state index contributed by atoms with van der Waals surface area (Å²) in [5.74, 6) is -1.12. The average molecular weight is 279 g/mol. The Bertz CT molecular complexity index is 500. The number of rotatable bonds is 4. The number of carboxylic acids is 1. The molecule has 0 aromatic carbocycles. The summed E-state index contributed by atoms with van der Waals surface area (Å²) in [4.78, 5) is 28.5. The number of amides is 1. The van der Waals surface area contributed by atoms with Crippen LogP contribution in [0.5, 0.6) is 0 Å². The van der Waals surface area contributed by atoms with E-state index in [2.05, 4.69) is 10.3 Å². The van der Waals surface area contributed by atoms with Gasteiger partial charge in [-0.1, -0.05) is 0 Å². The van der Waals surface area contributed by atoms with Gasteiger partial charge in [-0.3, -0.25) is 4.79 Å². The van der Waals surface area contributed by atoms with Crippen molar-refractivity contribution in [2.75, 3.05) is 31.6 Å². The van der Waals surface area contributed by atoms with E-state index in [4.69, 9.17) is 9.84 Å². The van der Waals surface area contributed by atoms with Crippen LogP contribution in [-0.4, -0.2) is 59.2 Å². The first-order valence-corrected chi connectivity index (χ1v) is 6.40. The molecular weight excluding hydrogens is 262 g/mol. The van der Waals surface area contributed by atoms with E-state index in [1.807, 2.05) is 0 Å². The van der Waals surface area contributed by atoms with Crippen LogP contribution < -0.4 is 5.32 Å². The first-order valence-electron chi connectivity index (χ1n) is 6.40. The molecule has 0 saturated carbocycles. The number of aromatic nitrogens is 1. The largest absolute Gasteiger partial charge is 0.477 e. The van der Waals surface area contributed by atoms with E-state index >= 15 is 0 Å². The summed E-state index contributed by atoms with van der Waals surface area (Å²) in [6.45, 7) is 4.02. The molecule has 108 valence electrons. The number of ether oxygens (including phenoxy) is 1. The van der Waals surface area contributed by atoms with Crippen LogP contribution in [0.25, 0.3) is 0 Å². The maximum atomic E-state index is 12.2. The second kappa shape index (κ2) is 6.33. The zero-order valence-corrected chi connectivity index (χ0v) is 11.2. The lowest BCUT2D eigenvalue weighted by atomic mass is 10.2. The minimum atomic E-state index is -1.10. The fraction of sp³-hybridized carbons (Fsp3) is 0.462. The highest BCUT2D eigenvalue weighted by molar-refractivity contribution is 5.87. The van der Waals surface area contributed by atoms with Crippen molar-refractivity contribution < 1.29 is 19.4 Å². The third kappa shape index (κ3) is 3.45. The predicted molar refractivity (Wildman–Crippen MR) is 71.7 cm³/mol. The topological polar surface area (TPSA) is 91.8 Å². The summed E-state index contributed by atoms with van der Waals surface area (Å²) < 4.78 is 5.20. The smallest absolute Gasteiger partial charge is 0.354 e. The van der Waals surface area contributed by atoms with Gasteiger partial charge in [-0.25, -0.2) is 9.78 Å². The van der Waals surface area contributed by atoms with E-state index in [9.17, 15) is 9.59 Å². The van der Waals surface area contributed by atoms with E-state index in [-0.39, 0.29) is 11.6 Å². The summed E-state index contributed by atoms with van der Waals surface area (Å²) in [7, 11) is 0. The highest BCUT2D eigenvalue weighted by Gasteiger charge is 2.22. The molecule has 1 aromatic rings. The maximum absolute atomic E-state index is 12.2. The Morgan fingerprint density at radius 3 is 2.80 bits per heavy atom. The van der Waals surface area contributed by atoms with Crippen LogP contribution in [0.4, 0.5) is 5.69 Å². The number of anilines is 1. The number of pyridine rings is 1. The number of aromatic carboxylic acids is 1. The second-order valence-electron chi connectivity index (χ2n) is 4.54. The molecule has 1 atom stereocenters. The SMILES string of the molecule is CC(Nc1ccnc(C(=O)O)c1)C(=O)N1CCOCC1. The van der Waals surface area contributed by atoms with Gasteiger partial charge in [0.15, 0.2) is 0 Å². The second-order valence-corrected chi connectivity index (χ2v) is 4.54. The molecule has 1 saturated heterocycles. The first-order chi connectivity index (χ1) is 9.58. The van der Waals surface area contributed by atoms with Gasteiger partial charge in [0.05, 0.1) is 13.2 Å². The molecule has 20 heavy (non-hydrogen) atoms. The predicted octanol–water partition coefficient (Wildman–Crippen LogP) is 0.439. The van der Waals surface area contributed by atoms with Gasteiger partial charge >= 0.3 is 5.97 Å². The fourth-order valence-electron chi connectivity index (χ4n) is 2.01. The molecule has 2 rings (SSSR count). The molecule has 0 radical (unpaired) electrons. The summed E-state index contributed by atoms with van der Waals surface area (Å²) in [5, 5.41) is 11.9. The van der Waals surface area contributed by atoms with Crippen molar-refractivity contribution in [3.05, 3.63) is 24.0 Å². The van der Waals surface area contributed by atoms with Crippen molar-refractivity contribution in [1.29, 1.82) is 0 Å². The fourth-order valence-corrected chi connectivity index (χ4v) is 2.01. The molecule has 2 N–H and O–H groups in total. The number of carbonyl (C=O) groups is 2. The zero-order valence-electron chi connectivity index (χ0n) is 11.2. The lowest BCUT2D eigenvalue weighted by Crippen LogP contribution is -2.47. The third-order valence-corrected chi connectivity index (χ3v) is 3.06. The molecule has 0 aliphatic carbocycles. The Balaban J connectivity index is 1.99. The van der Waals surface area contributed by atoms with Crippen molar-refractivity contribution in [1.82, 2.24) is 9.88 Å². The number of morpholine rings is 1. The molecule has 2 heterocycles. The molecule has 1 unspecified atom stereocenters. The number of hydrogen-bond donors (Lipinski definition) is 2. The van der Waals surface area contributed by atoms with Crippen LogP contribution in [0.15, 0.2) is 18.3 Å². The maximum Gasteiger partial charge on any atom is 0.354 e. The number of carbonyl (C=O) groups excluding carboxylic acids is 1. The van der Waals surface area contributed by atoms with E-state index < -0.39 is 12.0 Å². The lowest BCUT2D eigenvalue weighted by molar-refractivity contribution is -0.135. The summed E-state index contributed by atoms with van der Waals surface area (Å²) in [6.07, 6.45) is 1.40. The first kappa shape index (κ1) is 14.3. The van der Waals surface area contributed by atoms with Gasteiger partial charge in [0, 0.05) is 25.0 Å². The van der Waals surface area contributed by atoms with Gasteiger partial charge in [-0.05, 0) is 19.1 Å². The van der Waals surface area contributed by atoms with Gasteiger partial charge in [0.25, 0.3) is 0 Å². The zero-order chi connectivity index (χ0) is 14.5. The molecule has 1 amide bonds. The summed E-state index contributed by atoms with van der Waals surface area (Å²) in [6, 6.07) is 2.61. The molecule has 0 bridgehead atoms. The Hall–Kier alpha value is -2.15. The van der Waals surface area contributed by atoms with Crippen molar-refractivity contribution in [3.8, 4) is 0 Å². The van der Waals surface area contributed by atoms with Crippen LogP contribution in [0.2, 0.25) is 0 Å². The minimum absolute atomic E-state index is 0.0259. The molecule has 7 nitrogen and oxygen atoms in total. The van der Waals surface area contributed by atoms with E-state index in [0.717, 1.165) is 0 Å². The Morgan fingerprint density at radius 2 is 2.15 bits per heavy atom. The highest BCUT2D eigenvalue weighted by Crippen LogP contribution is 2.11. The van der Waals surface area contributed by atoms with Crippen LogP contribution in [0.3, 0.4) is 0 Å². The monoisotopic (exact) mass is 279 g/mol. The summed E-state index contributed by atoms with van der Waals surface area (Å²) in [5.41, 5.74) is 0.507. The minimum Gasteiger partial charge on any atom is -0.477 e. The molecule has 7 heteroatoms. The lowest BCUT2D eigenvalue weighted by Gasteiger charge is -2.29. The molecule has 1 aromatic heterocycles. The molecular formula is C13H17N3O4.